The second-order valence-electron chi connectivity index (χ2n) is 4.68. The van der Waals surface area contributed by atoms with E-state index in [-0.39, 0.29) is 0 Å². The molecule has 1 aliphatic heterocycles. The van der Waals surface area contributed by atoms with Gasteiger partial charge in [0, 0.05) is 13.1 Å². The number of rotatable bonds is 2. The third-order valence-electron chi connectivity index (χ3n) is 3.33. The number of piperidine rings is 1. The third-order valence-corrected chi connectivity index (χ3v) is 3.33. The van der Waals surface area contributed by atoms with Gasteiger partial charge in [-0.25, -0.2) is 9.07 Å². The first-order valence-corrected chi connectivity index (χ1v) is 6.26. The molecule has 0 saturated carbocycles. The van der Waals surface area contributed by atoms with E-state index in [2.05, 4.69) is 15.5 Å². The van der Waals surface area contributed by atoms with Gasteiger partial charge in [0.1, 0.15) is 12.5 Å². The topological polar surface area (TPSA) is 72.9 Å². The molecule has 6 nitrogen and oxygen atoms in total. The maximum atomic E-state index is 13.4. The normalized spacial score (nSPS) is 19.6. The van der Waals surface area contributed by atoms with Crippen LogP contribution in [0.3, 0.4) is 0 Å². The lowest BCUT2D eigenvalue weighted by Crippen LogP contribution is -2.36. The van der Waals surface area contributed by atoms with Crippen molar-refractivity contribution in [3.63, 3.8) is 0 Å². The lowest BCUT2D eigenvalue weighted by atomic mass is 10.1. The quantitative estimate of drug-likeness (QED) is 0.823. The van der Waals surface area contributed by atoms with Crippen LogP contribution in [0.4, 0.5) is 15.8 Å². The summed E-state index contributed by atoms with van der Waals surface area (Å²) in [4.78, 5) is 1.99. The van der Waals surface area contributed by atoms with Crippen molar-refractivity contribution in [2.75, 3.05) is 23.7 Å². The fraction of sp³-hybridized carbons (Fsp3) is 0.417. The van der Waals surface area contributed by atoms with Crippen molar-refractivity contribution >= 4 is 11.4 Å². The molecule has 1 aliphatic rings. The number of anilines is 2. The van der Waals surface area contributed by atoms with Crippen molar-refractivity contribution < 1.29 is 4.39 Å². The summed E-state index contributed by atoms with van der Waals surface area (Å²) in [5.41, 5.74) is 8.34. The Morgan fingerprint density at radius 1 is 1.37 bits per heavy atom. The zero-order chi connectivity index (χ0) is 13.2. The van der Waals surface area contributed by atoms with Crippen molar-refractivity contribution in [2.45, 2.75) is 19.0 Å². The maximum Gasteiger partial charge on any atom is 0.143 e. The van der Waals surface area contributed by atoms with Crippen molar-refractivity contribution in [1.29, 1.82) is 0 Å². The van der Waals surface area contributed by atoms with Gasteiger partial charge in [0.05, 0.1) is 17.1 Å². The van der Waals surface area contributed by atoms with Gasteiger partial charge in [-0.05, 0) is 41.5 Å². The van der Waals surface area contributed by atoms with Crippen molar-refractivity contribution in [3.8, 4) is 5.69 Å². The minimum absolute atomic E-state index is 0.411. The maximum absolute atomic E-state index is 13.4. The zero-order valence-corrected chi connectivity index (χ0v) is 10.4. The molecule has 1 aromatic heterocycles. The molecule has 7 heteroatoms. The summed E-state index contributed by atoms with van der Waals surface area (Å²) in [7, 11) is 0. The van der Waals surface area contributed by atoms with Crippen LogP contribution in [0.2, 0.25) is 0 Å². The van der Waals surface area contributed by atoms with Crippen LogP contribution in [0.15, 0.2) is 24.5 Å². The highest BCUT2D eigenvalue weighted by atomic mass is 19.1. The number of halogens is 1. The van der Waals surface area contributed by atoms with Gasteiger partial charge in [-0.15, -0.1) is 5.10 Å². The predicted octanol–water partition coefficient (Wildman–Crippen LogP) is 1.18. The molecule has 1 fully saturated rings. The van der Waals surface area contributed by atoms with Crippen LogP contribution in [0.5, 0.6) is 0 Å². The number of tetrazole rings is 1. The van der Waals surface area contributed by atoms with E-state index in [9.17, 15) is 4.39 Å². The summed E-state index contributed by atoms with van der Waals surface area (Å²) in [6, 6.07) is 5.57. The van der Waals surface area contributed by atoms with Gasteiger partial charge in [-0.1, -0.05) is 0 Å². The number of aromatic nitrogens is 4. The van der Waals surface area contributed by atoms with Gasteiger partial charge in [-0.2, -0.15) is 0 Å². The first kappa shape index (κ1) is 11.9. The summed E-state index contributed by atoms with van der Waals surface area (Å²) < 4.78 is 15.0. The summed E-state index contributed by atoms with van der Waals surface area (Å²) in [5, 5.41) is 11.0. The minimum atomic E-state index is -0.771. The Bertz CT molecular complexity index is 555. The van der Waals surface area contributed by atoms with E-state index in [4.69, 9.17) is 5.73 Å². The summed E-state index contributed by atoms with van der Waals surface area (Å²) >= 11 is 0. The van der Waals surface area contributed by atoms with E-state index >= 15 is 0 Å². The van der Waals surface area contributed by atoms with Crippen LogP contribution in [-0.2, 0) is 0 Å². The van der Waals surface area contributed by atoms with Gasteiger partial charge >= 0.3 is 0 Å². The first-order chi connectivity index (χ1) is 9.24. The molecular weight excluding hydrogens is 247 g/mol. The van der Waals surface area contributed by atoms with E-state index < -0.39 is 6.17 Å². The highest BCUT2D eigenvalue weighted by Crippen LogP contribution is 2.28. The minimum Gasteiger partial charge on any atom is -0.397 e. The monoisotopic (exact) mass is 262 g/mol. The molecule has 1 saturated heterocycles. The Hall–Kier alpha value is -2.18. The Morgan fingerprint density at radius 3 is 2.95 bits per heavy atom. The molecule has 2 heterocycles. The number of nitrogens with two attached hydrogens (primary N) is 1. The largest absolute Gasteiger partial charge is 0.397 e. The summed E-state index contributed by atoms with van der Waals surface area (Å²) in [6.45, 7) is 1.25. The average Bonchev–Trinajstić information content (AvgIpc) is 2.92. The van der Waals surface area contributed by atoms with Gasteiger partial charge < -0.3 is 10.6 Å². The Kier molecular flexibility index (Phi) is 3.02. The molecule has 2 aromatic rings. The fourth-order valence-corrected chi connectivity index (χ4v) is 2.40. The van der Waals surface area contributed by atoms with Gasteiger partial charge in [0.25, 0.3) is 0 Å². The SMILES string of the molecule is Nc1cc(-n2cnnn2)ccc1N1CCC[C@@H](F)C1. The van der Waals surface area contributed by atoms with E-state index in [0.29, 0.717) is 18.7 Å². The third kappa shape index (κ3) is 2.35. The molecule has 0 spiro atoms. The van der Waals surface area contributed by atoms with Gasteiger partial charge in [0.15, 0.2) is 0 Å². The van der Waals surface area contributed by atoms with Crippen LogP contribution in [-0.4, -0.2) is 39.5 Å². The van der Waals surface area contributed by atoms with Crippen LogP contribution in [0.25, 0.3) is 5.69 Å². The number of hydrogen-bond acceptors (Lipinski definition) is 5. The highest BCUT2D eigenvalue weighted by molar-refractivity contribution is 5.70. The average molecular weight is 262 g/mol. The van der Waals surface area contributed by atoms with E-state index in [0.717, 1.165) is 24.3 Å². The van der Waals surface area contributed by atoms with E-state index in [1.165, 1.54) is 11.0 Å². The Morgan fingerprint density at radius 2 is 2.26 bits per heavy atom. The van der Waals surface area contributed by atoms with E-state index in [1.54, 1.807) is 6.07 Å². The summed E-state index contributed by atoms with van der Waals surface area (Å²) in [6.07, 6.45) is 2.23. The Labute approximate surface area is 110 Å². The van der Waals surface area contributed by atoms with Crippen molar-refractivity contribution in [2.24, 2.45) is 0 Å². The molecule has 1 aromatic carbocycles. The van der Waals surface area contributed by atoms with Gasteiger partial charge in [0.2, 0.25) is 0 Å². The predicted molar refractivity (Wildman–Crippen MR) is 69.9 cm³/mol. The molecule has 0 bridgehead atoms. The number of hydrogen-bond donors (Lipinski definition) is 1. The number of alkyl halides is 1. The smallest absolute Gasteiger partial charge is 0.143 e. The second-order valence-corrected chi connectivity index (χ2v) is 4.68. The van der Waals surface area contributed by atoms with Crippen LogP contribution < -0.4 is 10.6 Å². The molecule has 19 heavy (non-hydrogen) atoms. The van der Waals surface area contributed by atoms with Crippen molar-refractivity contribution in [3.05, 3.63) is 24.5 Å². The lowest BCUT2D eigenvalue weighted by Gasteiger charge is -2.31. The molecule has 0 aliphatic carbocycles. The molecule has 0 radical (unpaired) electrons. The van der Waals surface area contributed by atoms with E-state index in [1.807, 2.05) is 17.0 Å². The fourth-order valence-electron chi connectivity index (χ4n) is 2.40. The molecule has 2 N–H and O–H groups in total. The standard InChI is InChI=1S/C12H15FN6/c13-9-2-1-5-18(7-9)12-4-3-10(6-11(12)14)19-8-15-16-17-19/h3-4,6,8-9H,1-2,5,7,14H2/t9-/m1/s1. The van der Waals surface area contributed by atoms with Crippen LogP contribution in [0, 0.1) is 0 Å². The first-order valence-electron chi connectivity index (χ1n) is 6.26. The lowest BCUT2D eigenvalue weighted by molar-refractivity contribution is 0.287. The molecule has 0 unspecified atom stereocenters. The molecule has 100 valence electrons. The Balaban J connectivity index is 1.87. The zero-order valence-electron chi connectivity index (χ0n) is 10.4. The van der Waals surface area contributed by atoms with Crippen LogP contribution >= 0.6 is 0 Å². The number of benzene rings is 1. The molecule has 3 rings (SSSR count). The summed E-state index contributed by atoms with van der Waals surface area (Å²) in [5.74, 6) is 0. The number of nitrogen functional groups attached to an aromatic ring is 1. The molecule has 1 atom stereocenters. The van der Waals surface area contributed by atoms with Crippen LogP contribution in [0.1, 0.15) is 12.8 Å². The number of nitrogens with zero attached hydrogens (tertiary/aromatic N) is 5. The van der Waals surface area contributed by atoms with Crippen molar-refractivity contribution in [1.82, 2.24) is 20.2 Å². The highest BCUT2D eigenvalue weighted by Gasteiger charge is 2.20. The second kappa shape index (κ2) is 4.83. The molecular formula is C12H15FN6. The van der Waals surface area contributed by atoms with Gasteiger partial charge in [-0.3, -0.25) is 0 Å². The molecule has 0 amide bonds.